The molecule has 0 amide bonds. The Morgan fingerprint density at radius 3 is 2.80 bits per heavy atom. The lowest BCUT2D eigenvalue weighted by Crippen LogP contribution is -2.35. The van der Waals surface area contributed by atoms with E-state index in [1.165, 1.54) is 23.4 Å². The maximum atomic E-state index is 6.04. The Morgan fingerprint density at radius 1 is 1.25 bits per heavy atom. The number of hydrogen-bond donors (Lipinski definition) is 1. The molecule has 1 unspecified atom stereocenters. The quantitative estimate of drug-likeness (QED) is 0.901. The van der Waals surface area contributed by atoms with E-state index in [0.717, 1.165) is 44.8 Å². The topological polar surface area (TPSA) is 47.0 Å². The molecule has 4 heteroatoms. The van der Waals surface area contributed by atoms with Crippen LogP contribution in [-0.2, 0) is 23.3 Å². The number of rotatable bonds is 2. The summed E-state index contributed by atoms with van der Waals surface area (Å²) >= 11 is 0. The van der Waals surface area contributed by atoms with E-state index in [4.69, 9.17) is 14.7 Å². The minimum Gasteiger partial charge on any atom is -0.367 e. The van der Waals surface area contributed by atoms with Crippen LogP contribution in [0.1, 0.15) is 68.7 Å². The van der Waals surface area contributed by atoms with E-state index in [0.29, 0.717) is 5.92 Å². The standard InChI is InChI=1S/C16H25N3O/c1-11(2)14-12-10-17-8-6-13(12)18-15(19-14)16(3)7-4-5-9-20-16/h11,17H,4-10H2,1-3H3. The van der Waals surface area contributed by atoms with Gasteiger partial charge in [-0.15, -0.1) is 0 Å². The van der Waals surface area contributed by atoms with E-state index >= 15 is 0 Å². The van der Waals surface area contributed by atoms with Crippen molar-refractivity contribution in [3.05, 3.63) is 22.8 Å². The highest BCUT2D eigenvalue weighted by Crippen LogP contribution is 2.34. The summed E-state index contributed by atoms with van der Waals surface area (Å²) in [5.41, 5.74) is 3.46. The molecule has 2 aliphatic heterocycles. The van der Waals surface area contributed by atoms with Gasteiger partial charge >= 0.3 is 0 Å². The molecule has 4 nitrogen and oxygen atoms in total. The third kappa shape index (κ3) is 2.47. The largest absolute Gasteiger partial charge is 0.367 e. The van der Waals surface area contributed by atoms with Crippen molar-refractivity contribution in [2.75, 3.05) is 13.2 Å². The molecule has 0 saturated carbocycles. The van der Waals surface area contributed by atoms with Crippen LogP contribution in [-0.4, -0.2) is 23.1 Å². The van der Waals surface area contributed by atoms with E-state index in [2.05, 4.69) is 26.1 Å². The minimum absolute atomic E-state index is 0.290. The van der Waals surface area contributed by atoms with E-state index in [1.807, 2.05) is 0 Å². The molecule has 0 spiro atoms. The Morgan fingerprint density at radius 2 is 2.10 bits per heavy atom. The summed E-state index contributed by atoms with van der Waals surface area (Å²) in [6.07, 6.45) is 4.39. The highest BCUT2D eigenvalue weighted by Gasteiger charge is 2.34. The monoisotopic (exact) mass is 275 g/mol. The SMILES string of the molecule is CC(C)c1nc(C2(C)CCCCO2)nc2c1CNCC2. The Kier molecular flexibility index (Phi) is 3.78. The molecule has 3 heterocycles. The second-order valence-electron chi connectivity index (χ2n) is 6.48. The second kappa shape index (κ2) is 5.41. The molecule has 1 saturated heterocycles. The summed E-state index contributed by atoms with van der Waals surface area (Å²) in [6, 6.07) is 0. The predicted octanol–water partition coefficient (Wildman–Crippen LogP) is 2.66. The van der Waals surface area contributed by atoms with Crippen LogP contribution in [0.5, 0.6) is 0 Å². The number of fused-ring (bicyclic) bond motifs is 1. The molecule has 2 aliphatic rings. The third-order valence-corrected chi connectivity index (χ3v) is 4.45. The summed E-state index contributed by atoms with van der Waals surface area (Å²) in [7, 11) is 0. The average Bonchev–Trinajstić information content (AvgIpc) is 2.46. The van der Waals surface area contributed by atoms with Crippen molar-refractivity contribution in [3.63, 3.8) is 0 Å². The molecule has 1 aromatic heterocycles. The zero-order chi connectivity index (χ0) is 14.2. The van der Waals surface area contributed by atoms with Gasteiger partial charge in [0.15, 0.2) is 5.82 Å². The molecule has 1 N–H and O–H groups in total. The number of aromatic nitrogens is 2. The second-order valence-corrected chi connectivity index (χ2v) is 6.48. The molecule has 1 atom stereocenters. The van der Waals surface area contributed by atoms with Gasteiger partial charge < -0.3 is 10.1 Å². The maximum absolute atomic E-state index is 6.04. The highest BCUT2D eigenvalue weighted by atomic mass is 16.5. The summed E-state index contributed by atoms with van der Waals surface area (Å²) in [5, 5.41) is 3.43. The third-order valence-electron chi connectivity index (χ3n) is 4.45. The maximum Gasteiger partial charge on any atom is 0.160 e. The Balaban J connectivity index is 2.05. The first kappa shape index (κ1) is 14.0. The van der Waals surface area contributed by atoms with Crippen molar-refractivity contribution in [2.45, 2.75) is 64.5 Å². The van der Waals surface area contributed by atoms with Gasteiger partial charge in [0, 0.05) is 31.7 Å². The fourth-order valence-electron chi connectivity index (χ4n) is 3.19. The van der Waals surface area contributed by atoms with Crippen LogP contribution < -0.4 is 5.32 Å². The van der Waals surface area contributed by atoms with E-state index in [9.17, 15) is 0 Å². The van der Waals surface area contributed by atoms with Crippen LogP contribution in [0.4, 0.5) is 0 Å². The number of nitrogens with zero attached hydrogens (tertiary/aromatic N) is 2. The van der Waals surface area contributed by atoms with E-state index < -0.39 is 0 Å². The summed E-state index contributed by atoms with van der Waals surface area (Å²) in [4.78, 5) is 9.78. The smallest absolute Gasteiger partial charge is 0.160 e. The van der Waals surface area contributed by atoms with Crippen LogP contribution in [0.25, 0.3) is 0 Å². The molecular weight excluding hydrogens is 250 g/mol. The van der Waals surface area contributed by atoms with Crippen LogP contribution >= 0.6 is 0 Å². The van der Waals surface area contributed by atoms with Gasteiger partial charge in [0.25, 0.3) is 0 Å². The lowest BCUT2D eigenvalue weighted by atomic mass is 9.92. The molecule has 1 fully saturated rings. The first-order chi connectivity index (χ1) is 9.60. The molecule has 0 aromatic carbocycles. The number of nitrogens with one attached hydrogen (secondary N) is 1. The number of hydrogen-bond acceptors (Lipinski definition) is 4. The molecular formula is C16H25N3O. The molecule has 0 bridgehead atoms. The Hall–Kier alpha value is -1.00. The van der Waals surface area contributed by atoms with Crippen molar-refractivity contribution in [2.24, 2.45) is 0 Å². The zero-order valence-corrected chi connectivity index (χ0v) is 12.8. The van der Waals surface area contributed by atoms with Gasteiger partial charge in [-0.3, -0.25) is 0 Å². The van der Waals surface area contributed by atoms with Crippen molar-refractivity contribution in [1.29, 1.82) is 0 Å². The molecule has 0 aliphatic carbocycles. The van der Waals surface area contributed by atoms with Gasteiger partial charge in [-0.05, 0) is 32.1 Å². The summed E-state index contributed by atoms with van der Waals surface area (Å²) in [6.45, 7) is 9.32. The normalized spacial score (nSPS) is 26.6. The first-order valence-corrected chi connectivity index (χ1v) is 7.85. The van der Waals surface area contributed by atoms with Crippen LogP contribution in [0, 0.1) is 0 Å². The van der Waals surface area contributed by atoms with Crippen LogP contribution in [0.15, 0.2) is 0 Å². The fourth-order valence-corrected chi connectivity index (χ4v) is 3.19. The lowest BCUT2D eigenvalue weighted by Gasteiger charge is -2.34. The van der Waals surface area contributed by atoms with Crippen molar-refractivity contribution in [3.8, 4) is 0 Å². The molecule has 20 heavy (non-hydrogen) atoms. The summed E-state index contributed by atoms with van der Waals surface area (Å²) < 4.78 is 6.04. The van der Waals surface area contributed by atoms with Crippen molar-refractivity contribution >= 4 is 0 Å². The van der Waals surface area contributed by atoms with Crippen LogP contribution in [0.2, 0.25) is 0 Å². The Labute approximate surface area is 121 Å². The van der Waals surface area contributed by atoms with E-state index in [-0.39, 0.29) is 5.60 Å². The van der Waals surface area contributed by atoms with Gasteiger partial charge in [-0.2, -0.15) is 0 Å². The fraction of sp³-hybridized carbons (Fsp3) is 0.750. The summed E-state index contributed by atoms with van der Waals surface area (Å²) in [5.74, 6) is 1.33. The minimum atomic E-state index is -0.290. The molecule has 110 valence electrons. The van der Waals surface area contributed by atoms with Gasteiger partial charge in [0.2, 0.25) is 0 Å². The van der Waals surface area contributed by atoms with Crippen molar-refractivity contribution in [1.82, 2.24) is 15.3 Å². The Bertz CT molecular complexity index is 493. The van der Waals surface area contributed by atoms with Crippen LogP contribution in [0.3, 0.4) is 0 Å². The van der Waals surface area contributed by atoms with Crippen molar-refractivity contribution < 1.29 is 4.74 Å². The highest BCUT2D eigenvalue weighted by molar-refractivity contribution is 5.31. The molecule has 1 aromatic rings. The lowest BCUT2D eigenvalue weighted by molar-refractivity contribution is -0.0763. The van der Waals surface area contributed by atoms with Gasteiger partial charge in [0.1, 0.15) is 5.60 Å². The molecule has 0 radical (unpaired) electrons. The number of ether oxygens (including phenoxy) is 1. The average molecular weight is 275 g/mol. The van der Waals surface area contributed by atoms with Gasteiger partial charge in [0.05, 0.1) is 11.4 Å². The van der Waals surface area contributed by atoms with Gasteiger partial charge in [-0.25, -0.2) is 9.97 Å². The first-order valence-electron chi connectivity index (χ1n) is 7.85. The predicted molar refractivity (Wildman–Crippen MR) is 78.7 cm³/mol. The zero-order valence-electron chi connectivity index (χ0n) is 12.8. The van der Waals surface area contributed by atoms with Gasteiger partial charge in [-0.1, -0.05) is 13.8 Å². The molecule has 3 rings (SSSR count). The van der Waals surface area contributed by atoms with E-state index in [1.54, 1.807) is 0 Å².